The molecule has 2 bridgehead atoms. The van der Waals surface area contributed by atoms with E-state index >= 15 is 0 Å². The molecule has 35 heavy (non-hydrogen) atoms. The molecule has 1 aromatic heterocycles. The van der Waals surface area contributed by atoms with Gasteiger partial charge in [0.2, 0.25) is 5.95 Å². The summed E-state index contributed by atoms with van der Waals surface area (Å²) in [5.74, 6) is 0.566. The van der Waals surface area contributed by atoms with Crippen molar-refractivity contribution < 1.29 is 22.7 Å². The van der Waals surface area contributed by atoms with E-state index in [1.807, 2.05) is 4.90 Å². The molecule has 1 amide bonds. The Balaban J connectivity index is 1.25. The van der Waals surface area contributed by atoms with Crippen molar-refractivity contribution in [2.75, 3.05) is 31.1 Å². The van der Waals surface area contributed by atoms with E-state index in [0.29, 0.717) is 24.4 Å². The number of nitrogens with zero attached hydrogens (tertiary/aromatic N) is 5. The van der Waals surface area contributed by atoms with E-state index in [0.717, 1.165) is 51.2 Å². The van der Waals surface area contributed by atoms with Gasteiger partial charge in [0, 0.05) is 63.5 Å². The molecule has 0 radical (unpaired) electrons. The molecule has 3 fully saturated rings. The van der Waals surface area contributed by atoms with Crippen molar-refractivity contribution >= 4 is 11.9 Å². The van der Waals surface area contributed by atoms with Crippen LogP contribution in [0.4, 0.5) is 19.1 Å². The lowest BCUT2D eigenvalue weighted by atomic mass is 9.98. The minimum Gasteiger partial charge on any atom is -0.490 e. The number of nitrogens with one attached hydrogen (secondary N) is 1. The third kappa shape index (κ3) is 4.75. The number of anilines is 1. The summed E-state index contributed by atoms with van der Waals surface area (Å²) in [7, 11) is 0. The van der Waals surface area contributed by atoms with Crippen LogP contribution in [0, 0.1) is 11.3 Å². The molecule has 184 valence electrons. The minimum absolute atomic E-state index is 0.0560. The highest BCUT2D eigenvalue weighted by atomic mass is 19.4. The van der Waals surface area contributed by atoms with Crippen molar-refractivity contribution in [1.82, 2.24) is 20.2 Å². The first-order valence-corrected chi connectivity index (χ1v) is 11.7. The van der Waals surface area contributed by atoms with Crippen molar-refractivity contribution in [1.29, 1.82) is 5.26 Å². The molecule has 2 aromatic rings. The van der Waals surface area contributed by atoms with Crippen LogP contribution in [-0.4, -0.2) is 65.1 Å². The monoisotopic (exact) mass is 486 g/mol. The van der Waals surface area contributed by atoms with Gasteiger partial charge in [-0.15, -0.1) is 0 Å². The summed E-state index contributed by atoms with van der Waals surface area (Å²) in [6.07, 6.45) is 0.897. The van der Waals surface area contributed by atoms with Crippen molar-refractivity contribution in [2.45, 2.75) is 50.0 Å². The van der Waals surface area contributed by atoms with Crippen LogP contribution < -0.4 is 15.0 Å². The molecule has 5 rings (SSSR count). The average Bonchev–Trinajstić information content (AvgIpc) is 3.13. The first kappa shape index (κ1) is 23.4. The van der Waals surface area contributed by atoms with Crippen LogP contribution in [0.3, 0.4) is 0 Å². The first-order valence-electron chi connectivity index (χ1n) is 11.7. The highest BCUT2D eigenvalue weighted by Gasteiger charge is 2.44. The van der Waals surface area contributed by atoms with E-state index < -0.39 is 17.3 Å². The second-order valence-electron chi connectivity index (χ2n) is 9.13. The largest absolute Gasteiger partial charge is 0.490 e. The quantitative estimate of drug-likeness (QED) is 0.710. The predicted octanol–water partition coefficient (Wildman–Crippen LogP) is 2.99. The molecule has 4 heterocycles. The smallest absolute Gasteiger partial charge is 0.417 e. The third-order valence-corrected chi connectivity index (χ3v) is 6.93. The average molecular weight is 486 g/mol. The lowest BCUT2D eigenvalue weighted by Gasteiger charge is -2.39. The van der Waals surface area contributed by atoms with Crippen LogP contribution in [0.5, 0.6) is 5.75 Å². The summed E-state index contributed by atoms with van der Waals surface area (Å²) in [6.45, 7) is 3.36. The van der Waals surface area contributed by atoms with Gasteiger partial charge in [-0.2, -0.15) is 18.4 Å². The number of hydrogen-bond acceptors (Lipinski definition) is 7. The van der Waals surface area contributed by atoms with Gasteiger partial charge >= 0.3 is 6.18 Å². The SMILES string of the molecule is N#Cc1ccc(OC2CC3CCC(C2)N3C(=O)c2cnc(N3CCNCC3)nc2)cc1C(F)(F)F. The number of ether oxygens (including phenoxy) is 1. The fourth-order valence-electron chi connectivity index (χ4n) is 5.28. The molecule has 3 aliphatic rings. The maximum atomic E-state index is 13.3. The number of piperazine rings is 1. The number of fused-ring (bicyclic) bond motifs is 2. The molecule has 0 spiro atoms. The predicted molar refractivity (Wildman–Crippen MR) is 120 cm³/mol. The highest BCUT2D eigenvalue weighted by Crippen LogP contribution is 2.39. The molecular formula is C24H25F3N6O2. The van der Waals surface area contributed by atoms with Crippen LogP contribution >= 0.6 is 0 Å². The van der Waals surface area contributed by atoms with E-state index in [9.17, 15) is 18.0 Å². The van der Waals surface area contributed by atoms with Gasteiger partial charge in [-0.05, 0) is 31.0 Å². The highest BCUT2D eigenvalue weighted by molar-refractivity contribution is 5.94. The van der Waals surface area contributed by atoms with Gasteiger partial charge in [-0.25, -0.2) is 9.97 Å². The molecule has 11 heteroatoms. The van der Waals surface area contributed by atoms with Crippen molar-refractivity contribution in [3.63, 3.8) is 0 Å². The summed E-state index contributed by atoms with van der Waals surface area (Å²) in [5, 5.41) is 12.3. The Hall–Kier alpha value is -3.39. The summed E-state index contributed by atoms with van der Waals surface area (Å²) in [6, 6.07) is 4.88. The molecule has 1 aromatic carbocycles. The minimum atomic E-state index is -4.64. The molecule has 3 aliphatic heterocycles. The maximum Gasteiger partial charge on any atom is 0.417 e. The Kier molecular flexibility index (Phi) is 6.23. The first-order chi connectivity index (χ1) is 16.8. The number of alkyl halides is 3. The molecular weight excluding hydrogens is 461 g/mol. The maximum absolute atomic E-state index is 13.3. The molecule has 2 atom stereocenters. The van der Waals surface area contributed by atoms with Gasteiger partial charge in [-0.1, -0.05) is 0 Å². The summed E-state index contributed by atoms with van der Waals surface area (Å²) < 4.78 is 45.8. The Bertz CT molecular complexity index is 1110. The van der Waals surface area contributed by atoms with E-state index in [-0.39, 0.29) is 29.8 Å². The number of halogens is 3. The second-order valence-corrected chi connectivity index (χ2v) is 9.13. The number of benzene rings is 1. The standard InChI is InChI=1S/C24H25F3N6O2/c25-24(26,27)21-11-19(4-1-15(21)12-28)35-20-9-17-2-3-18(10-20)33(17)22(34)16-13-30-23(31-14-16)32-7-5-29-6-8-32/h1,4,11,13-14,17-18,20,29H,2-3,5-10H2. The zero-order valence-electron chi connectivity index (χ0n) is 19.0. The molecule has 0 aliphatic carbocycles. The zero-order valence-corrected chi connectivity index (χ0v) is 19.0. The van der Waals surface area contributed by atoms with Crippen LogP contribution in [0.25, 0.3) is 0 Å². The van der Waals surface area contributed by atoms with E-state index in [4.69, 9.17) is 10.00 Å². The van der Waals surface area contributed by atoms with Crippen LogP contribution in [-0.2, 0) is 6.18 Å². The second kappa shape index (κ2) is 9.34. The Morgan fingerprint density at radius 3 is 2.37 bits per heavy atom. The number of piperidine rings is 1. The molecule has 2 unspecified atom stereocenters. The molecule has 3 saturated heterocycles. The van der Waals surface area contributed by atoms with Gasteiger partial charge in [0.1, 0.15) is 11.9 Å². The van der Waals surface area contributed by atoms with Crippen LogP contribution in [0.15, 0.2) is 30.6 Å². The Labute approximate surface area is 200 Å². The number of aromatic nitrogens is 2. The fourth-order valence-corrected chi connectivity index (χ4v) is 5.28. The topological polar surface area (TPSA) is 94.4 Å². The summed E-state index contributed by atoms with van der Waals surface area (Å²) in [5.41, 5.74) is -1.00. The number of carbonyl (C=O) groups excluding carboxylic acids is 1. The zero-order chi connectivity index (χ0) is 24.6. The van der Waals surface area contributed by atoms with Gasteiger partial charge in [0.05, 0.1) is 22.8 Å². The number of carbonyl (C=O) groups is 1. The normalized spacial score (nSPS) is 24.2. The molecule has 0 saturated carbocycles. The summed E-state index contributed by atoms with van der Waals surface area (Å²) in [4.78, 5) is 26.0. The lowest BCUT2D eigenvalue weighted by molar-refractivity contribution is -0.138. The van der Waals surface area contributed by atoms with Crippen molar-refractivity contribution in [3.8, 4) is 11.8 Å². The van der Waals surface area contributed by atoms with Crippen LogP contribution in [0.2, 0.25) is 0 Å². The number of amides is 1. The number of rotatable bonds is 4. The number of nitriles is 1. The van der Waals surface area contributed by atoms with Gasteiger partial charge in [0.25, 0.3) is 5.91 Å². The lowest BCUT2D eigenvalue weighted by Crippen LogP contribution is -2.49. The third-order valence-electron chi connectivity index (χ3n) is 6.93. The van der Waals surface area contributed by atoms with Gasteiger partial charge < -0.3 is 19.9 Å². The van der Waals surface area contributed by atoms with Crippen LogP contribution in [0.1, 0.15) is 47.2 Å². The van der Waals surface area contributed by atoms with E-state index in [1.54, 1.807) is 18.5 Å². The van der Waals surface area contributed by atoms with Gasteiger partial charge in [-0.3, -0.25) is 4.79 Å². The fraction of sp³-hybridized carbons (Fsp3) is 0.500. The van der Waals surface area contributed by atoms with E-state index in [1.165, 1.54) is 6.07 Å². The molecule has 8 nitrogen and oxygen atoms in total. The van der Waals surface area contributed by atoms with Gasteiger partial charge in [0.15, 0.2) is 0 Å². The molecule has 1 N–H and O–H groups in total. The summed E-state index contributed by atoms with van der Waals surface area (Å²) >= 11 is 0. The van der Waals surface area contributed by atoms with E-state index in [2.05, 4.69) is 20.2 Å². The van der Waals surface area contributed by atoms with Crippen molar-refractivity contribution in [3.05, 3.63) is 47.3 Å². The number of hydrogen-bond donors (Lipinski definition) is 1. The Morgan fingerprint density at radius 1 is 1.11 bits per heavy atom. The van der Waals surface area contributed by atoms with Crippen molar-refractivity contribution in [2.24, 2.45) is 0 Å². The Morgan fingerprint density at radius 2 is 1.77 bits per heavy atom.